The number of rotatable bonds is 8. The Bertz CT molecular complexity index is 977. The highest BCUT2D eigenvalue weighted by molar-refractivity contribution is 7.99. The fraction of sp³-hybridized carbons (Fsp3) is 0.316. The number of aryl methyl sites for hydroxylation is 2. The van der Waals surface area contributed by atoms with Gasteiger partial charge in [0.05, 0.1) is 16.3 Å². The SMILES string of the molecule is Cc1ccc(S(=O)(=O)NCCC(=O)Nc2ccccc2SCC(F)(F)F)cc1C. The molecule has 2 aromatic rings. The zero-order valence-electron chi connectivity index (χ0n) is 15.8. The molecule has 0 fully saturated rings. The normalized spacial score (nSPS) is 12.0. The first kappa shape index (κ1) is 23.2. The summed E-state index contributed by atoms with van der Waals surface area (Å²) in [4.78, 5) is 12.5. The van der Waals surface area contributed by atoms with E-state index in [0.29, 0.717) is 11.8 Å². The molecule has 0 aliphatic rings. The molecule has 0 radical (unpaired) electrons. The van der Waals surface area contributed by atoms with E-state index >= 15 is 0 Å². The van der Waals surface area contributed by atoms with Crippen LogP contribution in [0.4, 0.5) is 18.9 Å². The second-order valence-electron chi connectivity index (χ2n) is 6.34. The molecule has 0 atom stereocenters. The van der Waals surface area contributed by atoms with Gasteiger partial charge in [-0.05, 0) is 49.2 Å². The molecule has 0 unspecified atom stereocenters. The Hall–Kier alpha value is -2.04. The minimum Gasteiger partial charge on any atom is -0.325 e. The third-order valence-electron chi connectivity index (χ3n) is 3.99. The lowest BCUT2D eigenvalue weighted by atomic mass is 10.1. The Kier molecular flexibility index (Phi) is 7.73. The number of halogens is 3. The number of anilines is 1. The molecule has 0 heterocycles. The largest absolute Gasteiger partial charge is 0.398 e. The predicted molar refractivity (Wildman–Crippen MR) is 108 cm³/mol. The number of hydrogen-bond donors (Lipinski definition) is 2. The minimum atomic E-state index is -4.33. The maximum absolute atomic E-state index is 12.4. The minimum absolute atomic E-state index is 0.106. The third-order valence-corrected chi connectivity index (χ3v) is 6.58. The molecule has 10 heteroatoms. The van der Waals surface area contributed by atoms with Crippen LogP contribution in [0.15, 0.2) is 52.3 Å². The number of thioether (sulfide) groups is 1. The molecular weight excluding hydrogens is 425 g/mol. The zero-order valence-corrected chi connectivity index (χ0v) is 17.5. The van der Waals surface area contributed by atoms with Gasteiger partial charge in [-0.2, -0.15) is 13.2 Å². The predicted octanol–water partition coefficient (Wildman–Crippen LogP) is 4.26. The van der Waals surface area contributed by atoms with E-state index in [0.717, 1.165) is 11.1 Å². The summed E-state index contributed by atoms with van der Waals surface area (Å²) in [6, 6.07) is 10.9. The van der Waals surface area contributed by atoms with Gasteiger partial charge in [-0.1, -0.05) is 18.2 Å². The summed E-state index contributed by atoms with van der Waals surface area (Å²) in [5.74, 6) is -1.58. The quantitative estimate of drug-likeness (QED) is 0.594. The molecule has 2 N–H and O–H groups in total. The molecule has 5 nitrogen and oxygen atoms in total. The maximum atomic E-state index is 12.4. The number of sulfonamides is 1. The summed E-state index contributed by atoms with van der Waals surface area (Å²) < 4.78 is 64.3. The highest BCUT2D eigenvalue weighted by Gasteiger charge is 2.27. The highest BCUT2D eigenvalue weighted by Crippen LogP contribution is 2.32. The van der Waals surface area contributed by atoms with Crippen LogP contribution >= 0.6 is 11.8 Å². The molecule has 158 valence electrons. The molecule has 0 saturated carbocycles. The Balaban J connectivity index is 1.92. The van der Waals surface area contributed by atoms with Crippen molar-refractivity contribution in [1.29, 1.82) is 0 Å². The lowest BCUT2D eigenvalue weighted by Gasteiger charge is -2.12. The number of carbonyl (C=O) groups is 1. The fourth-order valence-corrected chi connectivity index (χ4v) is 4.22. The Labute approximate surface area is 172 Å². The van der Waals surface area contributed by atoms with E-state index in [1.54, 1.807) is 31.2 Å². The molecule has 0 aliphatic heterocycles. The number of para-hydroxylation sites is 1. The molecular formula is C19H21F3N2O3S2. The van der Waals surface area contributed by atoms with Crippen molar-refractivity contribution in [2.24, 2.45) is 0 Å². The van der Waals surface area contributed by atoms with Crippen LogP contribution in [0.3, 0.4) is 0 Å². The van der Waals surface area contributed by atoms with Gasteiger partial charge >= 0.3 is 6.18 Å². The van der Waals surface area contributed by atoms with Gasteiger partial charge in [-0.15, -0.1) is 11.8 Å². The number of nitrogens with one attached hydrogen (secondary N) is 2. The highest BCUT2D eigenvalue weighted by atomic mass is 32.2. The van der Waals surface area contributed by atoms with Gasteiger partial charge in [0.1, 0.15) is 0 Å². The van der Waals surface area contributed by atoms with Crippen LogP contribution < -0.4 is 10.0 Å². The van der Waals surface area contributed by atoms with Crippen molar-refractivity contribution >= 4 is 33.4 Å². The second kappa shape index (κ2) is 9.64. The summed E-state index contributed by atoms with van der Waals surface area (Å²) in [6.45, 7) is 3.53. The molecule has 1 amide bonds. The Morgan fingerprint density at radius 1 is 1.07 bits per heavy atom. The molecule has 0 spiro atoms. The topological polar surface area (TPSA) is 75.3 Å². The lowest BCUT2D eigenvalue weighted by molar-refractivity contribution is -0.116. The van der Waals surface area contributed by atoms with Crippen LogP contribution in [-0.4, -0.2) is 32.8 Å². The average Bonchev–Trinajstić information content (AvgIpc) is 2.62. The van der Waals surface area contributed by atoms with E-state index in [1.165, 1.54) is 18.2 Å². The van der Waals surface area contributed by atoms with Crippen molar-refractivity contribution in [3.8, 4) is 0 Å². The van der Waals surface area contributed by atoms with Crippen molar-refractivity contribution in [3.05, 3.63) is 53.6 Å². The molecule has 0 saturated heterocycles. The summed E-state index contributed by atoms with van der Waals surface area (Å²) in [5, 5.41) is 2.53. The Morgan fingerprint density at radius 3 is 2.41 bits per heavy atom. The van der Waals surface area contributed by atoms with Gasteiger partial charge in [-0.25, -0.2) is 13.1 Å². The smallest absolute Gasteiger partial charge is 0.325 e. The van der Waals surface area contributed by atoms with Gasteiger partial charge in [0, 0.05) is 17.9 Å². The third kappa shape index (κ3) is 7.37. The van der Waals surface area contributed by atoms with Crippen molar-refractivity contribution in [2.75, 3.05) is 17.6 Å². The van der Waals surface area contributed by atoms with E-state index < -0.39 is 27.9 Å². The molecule has 0 aliphatic carbocycles. The molecule has 2 rings (SSSR count). The Morgan fingerprint density at radius 2 is 1.76 bits per heavy atom. The lowest BCUT2D eigenvalue weighted by Crippen LogP contribution is -2.28. The molecule has 29 heavy (non-hydrogen) atoms. The molecule has 0 bridgehead atoms. The van der Waals surface area contributed by atoms with Crippen molar-refractivity contribution in [1.82, 2.24) is 4.72 Å². The first-order chi connectivity index (χ1) is 13.5. The van der Waals surface area contributed by atoms with Crippen LogP contribution in [-0.2, 0) is 14.8 Å². The van der Waals surface area contributed by atoms with Gasteiger partial charge < -0.3 is 5.32 Å². The standard InChI is InChI=1S/C19H21F3N2O3S2/c1-13-7-8-15(11-14(13)2)29(26,27)23-10-9-18(25)24-16-5-3-4-6-17(16)28-12-19(20,21)22/h3-8,11,23H,9-10,12H2,1-2H3,(H,24,25). The van der Waals surface area contributed by atoms with Crippen LogP contribution in [0, 0.1) is 13.8 Å². The van der Waals surface area contributed by atoms with Crippen molar-refractivity contribution < 1.29 is 26.4 Å². The molecule has 0 aromatic heterocycles. The van der Waals surface area contributed by atoms with Crippen LogP contribution in [0.2, 0.25) is 0 Å². The van der Waals surface area contributed by atoms with Gasteiger partial charge in [0.25, 0.3) is 0 Å². The van der Waals surface area contributed by atoms with E-state index in [9.17, 15) is 26.4 Å². The van der Waals surface area contributed by atoms with E-state index in [-0.39, 0.29) is 28.4 Å². The zero-order chi connectivity index (χ0) is 21.7. The maximum Gasteiger partial charge on any atom is 0.398 e. The number of alkyl halides is 3. The van der Waals surface area contributed by atoms with Gasteiger partial charge in [-0.3, -0.25) is 4.79 Å². The van der Waals surface area contributed by atoms with Gasteiger partial charge in [0.2, 0.25) is 15.9 Å². The van der Waals surface area contributed by atoms with E-state index in [1.807, 2.05) is 6.92 Å². The summed E-state index contributed by atoms with van der Waals surface area (Å²) in [7, 11) is -3.76. The molecule has 2 aromatic carbocycles. The van der Waals surface area contributed by atoms with Crippen LogP contribution in [0.5, 0.6) is 0 Å². The fourth-order valence-electron chi connectivity index (χ4n) is 2.33. The van der Waals surface area contributed by atoms with E-state index in [2.05, 4.69) is 10.0 Å². The number of benzene rings is 2. The first-order valence-corrected chi connectivity index (χ1v) is 11.1. The van der Waals surface area contributed by atoms with Crippen molar-refractivity contribution in [2.45, 2.75) is 36.2 Å². The monoisotopic (exact) mass is 446 g/mol. The summed E-state index contributed by atoms with van der Waals surface area (Å²) in [6.07, 6.45) is -4.49. The summed E-state index contributed by atoms with van der Waals surface area (Å²) in [5.41, 5.74) is 2.05. The van der Waals surface area contributed by atoms with Crippen molar-refractivity contribution in [3.63, 3.8) is 0 Å². The van der Waals surface area contributed by atoms with Crippen LogP contribution in [0.1, 0.15) is 17.5 Å². The van der Waals surface area contributed by atoms with E-state index in [4.69, 9.17) is 0 Å². The number of hydrogen-bond acceptors (Lipinski definition) is 4. The number of carbonyl (C=O) groups excluding carboxylic acids is 1. The average molecular weight is 447 g/mol. The number of amides is 1. The summed E-state index contributed by atoms with van der Waals surface area (Å²) >= 11 is 0.573. The first-order valence-electron chi connectivity index (χ1n) is 8.63. The van der Waals surface area contributed by atoms with Crippen LogP contribution in [0.25, 0.3) is 0 Å². The second-order valence-corrected chi connectivity index (χ2v) is 9.13. The van der Waals surface area contributed by atoms with Gasteiger partial charge in [0.15, 0.2) is 0 Å².